The van der Waals surface area contributed by atoms with Crippen molar-refractivity contribution in [2.75, 3.05) is 0 Å². The number of benzene rings is 1. The Morgan fingerprint density at radius 2 is 1.93 bits per heavy atom. The lowest BCUT2D eigenvalue weighted by Crippen LogP contribution is -2.00. The van der Waals surface area contributed by atoms with Crippen molar-refractivity contribution in [3.05, 3.63) is 28.8 Å². The predicted octanol–water partition coefficient (Wildman–Crippen LogP) is 2.52. The number of aromatic hydroxyl groups is 1. The van der Waals surface area contributed by atoms with E-state index in [4.69, 9.17) is 5.11 Å². The zero-order valence-electron chi connectivity index (χ0n) is 8.53. The highest BCUT2D eigenvalue weighted by atomic mass is 16.4. The molecule has 76 valence electrons. The van der Waals surface area contributed by atoms with Gasteiger partial charge in [-0.3, -0.25) is 0 Å². The second-order valence-corrected chi connectivity index (χ2v) is 3.67. The molecule has 0 spiro atoms. The first kappa shape index (κ1) is 10.6. The first-order chi connectivity index (χ1) is 6.43. The van der Waals surface area contributed by atoms with E-state index in [0.29, 0.717) is 0 Å². The maximum atomic E-state index is 10.7. The average molecular weight is 194 g/mol. The molecule has 3 nitrogen and oxygen atoms in total. The lowest BCUT2D eigenvalue weighted by molar-refractivity contribution is 0.0696. The second-order valence-electron chi connectivity index (χ2n) is 3.67. The van der Waals surface area contributed by atoms with Gasteiger partial charge in [0.2, 0.25) is 0 Å². The first-order valence-electron chi connectivity index (χ1n) is 4.50. The van der Waals surface area contributed by atoms with Gasteiger partial charge in [0.1, 0.15) is 5.75 Å². The zero-order valence-corrected chi connectivity index (χ0v) is 8.53. The number of rotatable bonds is 2. The summed E-state index contributed by atoms with van der Waals surface area (Å²) in [6, 6.07) is 2.89. The molecule has 0 heterocycles. The van der Waals surface area contributed by atoms with Gasteiger partial charge in [0.25, 0.3) is 0 Å². The normalized spacial score (nSPS) is 10.6. The minimum Gasteiger partial charge on any atom is -0.508 e. The Bertz CT molecular complexity index is 367. The number of carbonyl (C=O) groups is 1. The number of carboxylic acids is 1. The van der Waals surface area contributed by atoms with Gasteiger partial charge >= 0.3 is 5.97 Å². The van der Waals surface area contributed by atoms with Crippen molar-refractivity contribution in [2.45, 2.75) is 26.7 Å². The fraction of sp³-hybridized carbons (Fsp3) is 0.364. The molecule has 0 saturated heterocycles. The van der Waals surface area contributed by atoms with Crippen molar-refractivity contribution >= 4 is 5.97 Å². The van der Waals surface area contributed by atoms with Crippen LogP contribution in [0.5, 0.6) is 5.75 Å². The van der Waals surface area contributed by atoms with E-state index >= 15 is 0 Å². The van der Waals surface area contributed by atoms with Gasteiger partial charge in [0, 0.05) is 0 Å². The van der Waals surface area contributed by atoms with E-state index in [-0.39, 0.29) is 17.2 Å². The van der Waals surface area contributed by atoms with Gasteiger partial charge in [-0.2, -0.15) is 0 Å². The molecule has 0 radical (unpaired) electrons. The van der Waals surface area contributed by atoms with Crippen LogP contribution in [0.1, 0.15) is 41.3 Å². The summed E-state index contributed by atoms with van der Waals surface area (Å²) in [6.45, 7) is 5.72. The molecule has 1 rings (SSSR count). The van der Waals surface area contributed by atoms with Crippen molar-refractivity contribution < 1.29 is 15.0 Å². The van der Waals surface area contributed by atoms with Crippen LogP contribution in [0.3, 0.4) is 0 Å². The summed E-state index contributed by atoms with van der Waals surface area (Å²) in [5.41, 5.74) is 1.77. The van der Waals surface area contributed by atoms with Crippen LogP contribution in [0.15, 0.2) is 12.1 Å². The predicted molar refractivity (Wildman–Crippen MR) is 53.9 cm³/mol. The molecular weight excluding hydrogens is 180 g/mol. The fourth-order valence-electron chi connectivity index (χ4n) is 1.44. The first-order valence-corrected chi connectivity index (χ1v) is 4.50. The highest BCUT2D eigenvalue weighted by Gasteiger charge is 2.12. The van der Waals surface area contributed by atoms with E-state index in [0.717, 1.165) is 11.1 Å². The third-order valence-corrected chi connectivity index (χ3v) is 2.29. The average Bonchev–Trinajstić information content (AvgIpc) is 2.08. The Balaban J connectivity index is 3.35. The van der Waals surface area contributed by atoms with Crippen LogP contribution >= 0.6 is 0 Å². The van der Waals surface area contributed by atoms with Crippen molar-refractivity contribution in [2.24, 2.45) is 0 Å². The van der Waals surface area contributed by atoms with Gasteiger partial charge in [0.15, 0.2) is 0 Å². The molecular formula is C11H14O3. The highest BCUT2D eigenvalue weighted by molar-refractivity contribution is 5.88. The number of carboxylic acid groups (broad SMARTS) is 1. The number of phenols is 1. The standard InChI is InChI=1S/C11H14O3/c1-6(2)9-4-8(11(13)14)5-10(12)7(9)3/h4-6,12H,1-3H3,(H,13,14). The molecule has 0 aromatic heterocycles. The van der Waals surface area contributed by atoms with Crippen molar-refractivity contribution in [3.8, 4) is 5.75 Å². The van der Waals surface area contributed by atoms with Crippen molar-refractivity contribution in [1.82, 2.24) is 0 Å². The Labute approximate surface area is 83.0 Å². The SMILES string of the molecule is Cc1c(O)cc(C(=O)O)cc1C(C)C. The monoisotopic (exact) mass is 194 g/mol. The summed E-state index contributed by atoms with van der Waals surface area (Å²) < 4.78 is 0. The van der Waals surface area contributed by atoms with Crippen LogP contribution in [0.4, 0.5) is 0 Å². The smallest absolute Gasteiger partial charge is 0.335 e. The Morgan fingerprint density at radius 3 is 2.36 bits per heavy atom. The molecule has 3 heteroatoms. The minimum absolute atomic E-state index is 0.0496. The van der Waals surface area contributed by atoms with E-state index in [1.165, 1.54) is 6.07 Å². The number of hydrogen-bond acceptors (Lipinski definition) is 2. The summed E-state index contributed by atoms with van der Waals surface area (Å²) in [5.74, 6) is -0.754. The van der Waals surface area contributed by atoms with Crippen LogP contribution in [0, 0.1) is 6.92 Å². The van der Waals surface area contributed by atoms with Gasteiger partial charge in [-0.15, -0.1) is 0 Å². The zero-order chi connectivity index (χ0) is 10.9. The number of aromatic carboxylic acids is 1. The quantitative estimate of drug-likeness (QED) is 0.760. The topological polar surface area (TPSA) is 57.5 Å². The van der Waals surface area contributed by atoms with E-state index < -0.39 is 5.97 Å². The second kappa shape index (κ2) is 3.70. The van der Waals surface area contributed by atoms with Gasteiger partial charge in [0.05, 0.1) is 5.56 Å². The summed E-state index contributed by atoms with van der Waals surface area (Å²) >= 11 is 0. The lowest BCUT2D eigenvalue weighted by atomic mass is 9.95. The Kier molecular flexibility index (Phi) is 2.79. The van der Waals surface area contributed by atoms with Crippen molar-refractivity contribution in [1.29, 1.82) is 0 Å². The van der Waals surface area contributed by atoms with E-state index in [1.54, 1.807) is 13.0 Å². The highest BCUT2D eigenvalue weighted by Crippen LogP contribution is 2.28. The van der Waals surface area contributed by atoms with Crippen LogP contribution < -0.4 is 0 Å². The maximum Gasteiger partial charge on any atom is 0.335 e. The molecule has 14 heavy (non-hydrogen) atoms. The summed E-state index contributed by atoms with van der Waals surface area (Å²) in [6.07, 6.45) is 0. The van der Waals surface area contributed by atoms with Gasteiger partial charge < -0.3 is 10.2 Å². The molecule has 0 aliphatic carbocycles. The van der Waals surface area contributed by atoms with Gasteiger partial charge in [-0.1, -0.05) is 13.8 Å². The summed E-state index contributed by atoms with van der Waals surface area (Å²) in [5, 5.41) is 18.3. The number of phenolic OH excluding ortho intramolecular Hbond substituents is 1. The van der Waals surface area contributed by atoms with E-state index in [1.807, 2.05) is 13.8 Å². The lowest BCUT2D eigenvalue weighted by Gasteiger charge is -2.12. The summed E-state index contributed by atoms with van der Waals surface area (Å²) in [4.78, 5) is 10.7. The molecule has 0 atom stereocenters. The van der Waals surface area contributed by atoms with Crippen LogP contribution in [-0.4, -0.2) is 16.2 Å². The summed E-state index contributed by atoms with van der Waals surface area (Å²) in [7, 11) is 0. The number of hydrogen-bond donors (Lipinski definition) is 2. The van der Waals surface area contributed by atoms with Gasteiger partial charge in [-0.25, -0.2) is 4.79 Å². The molecule has 0 fully saturated rings. The Hall–Kier alpha value is -1.51. The molecule has 0 aliphatic rings. The fourth-order valence-corrected chi connectivity index (χ4v) is 1.44. The molecule has 0 amide bonds. The maximum absolute atomic E-state index is 10.7. The molecule has 1 aromatic rings. The van der Waals surface area contributed by atoms with Crippen LogP contribution in [-0.2, 0) is 0 Å². The molecule has 0 unspecified atom stereocenters. The van der Waals surface area contributed by atoms with Crippen LogP contribution in [0.2, 0.25) is 0 Å². The molecule has 1 aromatic carbocycles. The van der Waals surface area contributed by atoms with E-state index in [2.05, 4.69) is 0 Å². The van der Waals surface area contributed by atoms with Crippen LogP contribution in [0.25, 0.3) is 0 Å². The molecule has 2 N–H and O–H groups in total. The molecule has 0 saturated carbocycles. The van der Waals surface area contributed by atoms with Gasteiger partial charge in [-0.05, 0) is 36.1 Å². The third kappa shape index (κ3) is 1.87. The van der Waals surface area contributed by atoms with Crippen molar-refractivity contribution in [3.63, 3.8) is 0 Å². The largest absolute Gasteiger partial charge is 0.508 e. The minimum atomic E-state index is -1.01. The third-order valence-electron chi connectivity index (χ3n) is 2.29. The Morgan fingerprint density at radius 1 is 1.36 bits per heavy atom. The molecule has 0 bridgehead atoms. The molecule has 0 aliphatic heterocycles. The van der Waals surface area contributed by atoms with E-state index in [9.17, 15) is 9.90 Å².